The first-order valence-corrected chi connectivity index (χ1v) is 7.02. The number of nitrogens with two attached hydrogens (primary N) is 1. The molecule has 0 saturated heterocycles. The third-order valence-electron chi connectivity index (χ3n) is 3.32. The maximum atomic E-state index is 13.8. The van der Waals surface area contributed by atoms with Gasteiger partial charge >= 0.3 is 0 Å². The van der Waals surface area contributed by atoms with Crippen LogP contribution in [0.15, 0.2) is 18.2 Å². The SMILES string of the molecule is CCCn1c(CCCC(C)N)nc2c(F)cccc21. The fourth-order valence-corrected chi connectivity index (χ4v) is 2.41. The Morgan fingerprint density at radius 1 is 1.42 bits per heavy atom. The minimum absolute atomic E-state index is 0.209. The van der Waals surface area contributed by atoms with E-state index in [0.29, 0.717) is 5.52 Å². The molecule has 0 spiro atoms. The molecule has 0 aliphatic carbocycles. The molecule has 1 aromatic heterocycles. The Bertz CT molecular complexity index is 546. The molecule has 0 bridgehead atoms. The minimum atomic E-state index is -0.235. The van der Waals surface area contributed by atoms with Gasteiger partial charge in [-0.25, -0.2) is 9.37 Å². The third-order valence-corrected chi connectivity index (χ3v) is 3.32. The topological polar surface area (TPSA) is 43.8 Å². The Hall–Kier alpha value is -1.42. The number of hydrogen-bond acceptors (Lipinski definition) is 2. The van der Waals surface area contributed by atoms with Gasteiger partial charge < -0.3 is 10.3 Å². The van der Waals surface area contributed by atoms with E-state index in [2.05, 4.69) is 16.5 Å². The van der Waals surface area contributed by atoms with Crippen molar-refractivity contribution in [2.75, 3.05) is 0 Å². The summed E-state index contributed by atoms with van der Waals surface area (Å²) in [7, 11) is 0. The molecular formula is C15H22FN3. The second-order valence-electron chi connectivity index (χ2n) is 5.16. The molecule has 3 nitrogen and oxygen atoms in total. The number of aryl methyl sites for hydroxylation is 2. The number of fused-ring (bicyclic) bond motifs is 1. The maximum Gasteiger partial charge on any atom is 0.151 e. The molecule has 0 saturated carbocycles. The van der Waals surface area contributed by atoms with Crippen molar-refractivity contribution >= 4 is 11.0 Å². The molecule has 0 radical (unpaired) electrons. The molecule has 1 heterocycles. The number of benzene rings is 1. The van der Waals surface area contributed by atoms with Gasteiger partial charge in [0.05, 0.1) is 5.52 Å². The summed E-state index contributed by atoms with van der Waals surface area (Å²) < 4.78 is 15.9. The number of rotatable bonds is 6. The normalized spacial score (nSPS) is 13.1. The maximum absolute atomic E-state index is 13.8. The highest BCUT2D eigenvalue weighted by atomic mass is 19.1. The number of halogens is 1. The summed E-state index contributed by atoms with van der Waals surface area (Å²) in [6.45, 7) is 5.01. The summed E-state index contributed by atoms with van der Waals surface area (Å²) >= 11 is 0. The van der Waals surface area contributed by atoms with Crippen LogP contribution in [0.1, 0.15) is 38.9 Å². The second-order valence-corrected chi connectivity index (χ2v) is 5.16. The van der Waals surface area contributed by atoms with Crippen molar-refractivity contribution in [3.63, 3.8) is 0 Å². The molecule has 104 valence electrons. The highest BCUT2D eigenvalue weighted by Crippen LogP contribution is 2.21. The zero-order chi connectivity index (χ0) is 13.8. The van der Waals surface area contributed by atoms with Crippen LogP contribution in [-0.4, -0.2) is 15.6 Å². The van der Waals surface area contributed by atoms with Crippen LogP contribution in [0.4, 0.5) is 4.39 Å². The van der Waals surface area contributed by atoms with Gasteiger partial charge in [-0.15, -0.1) is 0 Å². The zero-order valence-corrected chi connectivity index (χ0v) is 11.7. The number of nitrogens with zero attached hydrogens (tertiary/aromatic N) is 2. The molecule has 2 N–H and O–H groups in total. The van der Waals surface area contributed by atoms with Gasteiger partial charge in [-0.3, -0.25) is 0 Å². The molecule has 0 aliphatic heterocycles. The summed E-state index contributed by atoms with van der Waals surface area (Å²) in [4.78, 5) is 4.47. The van der Waals surface area contributed by atoms with E-state index >= 15 is 0 Å². The van der Waals surface area contributed by atoms with Gasteiger partial charge in [0.1, 0.15) is 11.3 Å². The summed E-state index contributed by atoms with van der Waals surface area (Å²) in [5, 5.41) is 0. The first-order valence-electron chi connectivity index (χ1n) is 7.02. The van der Waals surface area contributed by atoms with Crippen LogP contribution in [-0.2, 0) is 13.0 Å². The first kappa shape index (κ1) is 14.0. The monoisotopic (exact) mass is 263 g/mol. The van der Waals surface area contributed by atoms with Crippen molar-refractivity contribution < 1.29 is 4.39 Å². The number of imidazole rings is 1. The molecule has 1 unspecified atom stereocenters. The van der Waals surface area contributed by atoms with Gasteiger partial charge in [-0.2, -0.15) is 0 Å². The molecule has 0 amide bonds. The van der Waals surface area contributed by atoms with Gasteiger partial charge in [0.15, 0.2) is 5.82 Å². The Balaban J connectivity index is 2.30. The fourth-order valence-electron chi connectivity index (χ4n) is 2.41. The lowest BCUT2D eigenvalue weighted by atomic mass is 10.1. The van der Waals surface area contributed by atoms with E-state index in [1.54, 1.807) is 6.07 Å². The molecule has 19 heavy (non-hydrogen) atoms. The lowest BCUT2D eigenvalue weighted by Crippen LogP contribution is -2.15. The van der Waals surface area contributed by atoms with Crippen LogP contribution >= 0.6 is 0 Å². The molecular weight excluding hydrogens is 241 g/mol. The number of para-hydroxylation sites is 1. The second kappa shape index (κ2) is 6.15. The molecule has 0 fully saturated rings. The van der Waals surface area contributed by atoms with E-state index in [1.165, 1.54) is 6.07 Å². The van der Waals surface area contributed by atoms with E-state index in [9.17, 15) is 4.39 Å². The van der Waals surface area contributed by atoms with Crippen LogP contribution in [0.5, 0.6) is 0 Å². The largest absolute Gasteiger partial charge is 0.328 e. The smallest absolute Gasteiger partial charge is 0.151 e. The Morgan fingerprint density at radius 3 is 2.89 bits per heavy atom. The summed E-state index contributed by atoms with van der Waals surface area (Å²) in [6, 6.07) is 5.37. The predicted octanol–water partition coefficient (Wildman–Crippen LogP) is 3.26. The van der Waals surface area contributed by atoms with Gasteiger partial charge in [0.25, 0.3) is 0 Å². The van der Waals surface area contributed by atoms with E-state index in [4.69, 9.17) is 5.73 Å². The lowest BCUT2D eigenvalue weighted by molar-refractivity contribution is 0.587. The highest BCUT2D eigenvalue weighted by Gasteiger charge is 2.12. The van der Waals surface area contributed by atoms with Crippen molar-refractivity contribution in [1.82, 2.24) is 9.55 Å². The van der Waals surface area contributed by atoms with E-state index < -0.39 is 0 Å². The van der Waals surface area contributed by atoms with Crippen molar-refractivity contribution in [3.05, 3.63) is 29.8 Å². The van der Waals surface area contributed by atoms with Crippen LogP contribution in [0, 0.1) is 5.82 Å². The molecule has 4 heteroatoms. The Kier molecular flexibility index (Phi) is 4.53. The van der Waals surface area contributed by atoms with Crippen molar-refractivity contribution in [3.8, 4) is 0 Å². The van der Waals surface area contributed by atoms with E-state index in [-0.39, 0.29) is 11.9 Å². The van der Waals surface area contributed by atoms with Crippen molar-refractivity contribution in [2.24, 2.45) is 5.73 Å². The zero-order valence-electron chi connectivity index (χ0n) is 11.7. The summed E-state index contributed by atoms with van der Waals surface area (Å²) in [6.07, 6.45) is 3.84. The third kappa shape index (κ3) is 3.13. The standard InChI is InChI=1S/C15H22FN3/c1-3-10-19-13-8-5-7-12(16)15(13)18-14(19)9-4-6-11(2)17/h5,7-8,11H,3-4,6,9-10,17H2,1-2H3. The van der Waals surface area contributed by atoms with Crippen LogP contribution < -0.4 is 5.73 Å². The molecule has 1 atom stereocenters. The average molecular weight is 263 g/mol. The molecule has 2 aromatic rings. The lowest BCUT2D eigenvalue weighted by Gasteiger charge is -2.08. The van der Waals surface area contributed by atoms with Crippen molar-refractivity contribution in [2.45, 2.75) is 52.1 Å². The first-order chi connectivity index (χ1) is 9.13. The Morgan fingerprint density at radius 2 is 2.21 bits per heavy atom. The van der Waals surface area contributed by atoms with Crippen molar-refractivity contribution in [1.29, 1.82) is 0 Å². The number of aromatic nitrogens is 2. The van der Waals surface area contributed by atoms with Crippen LogP contribution in [0.3, 0.4) is 0 Å². The minimum Gasteiger partial charge on any atom is -0.328 e. The van der Waals surface area contributed by atoms with E-state index in [1.807, 2.05) is 13.0 Å². The average Bonchev–Trinajstić information content (AvgIpc) is 2.70. The van der Waals surface area contributed by atoms with Gasteiger partial charge in [0.2, 0.25) is 0 Å². The van der Waals surface area contributed by atoms with Gasteiger partial charge in [-0.05, 0) is 38.3 Å². The summed E-state index contributed by atoms with van der Waals surface area (Å²) in [5.74, 6) is 0.739. The summed E-state index contributed by atoms with van der Waals surface area (Å²) in [5.41, 5.74) is 7.16. The predicted molar refractivity (Wildman–Crippen MR) is 76.6 cm³/mol. The van der Waals surface area contributed by atoms with Gasteiger partial charge in [-0.1, -0.05) is 13.0 Å². The highest BCUT2D eigenvalue weighted by molar-refractivity contribution is 5.76. The van der Waals surface area contributed by atoms with Gasteiger partial charge in [0, 0.05) is 19.0 Å². The molecule has 0 aliphatic rings. The quantitative estimate of drug-likeness (QED) is 0.869. The van der Waals surface area contributed by atoms with E-state index in [0.717, 1.165) is 43.6 Å². The molecule has 1 aromatic carbocycles. The van der Waals surface area contributed by atoms with Crippen LogP contribution in [0.25, 0.3) is 11.0 Å². The Labute approximate surface area is 113 Å². The van der Waals surface area contributed by atoms with Crippen LogP contribution in [0.2, 0.25) is 0 Å². The fraction of sp³-hybridized carbons (Fsp3) is 0.533. The number of hydrogen-bond donors (Lipinski definition) is 1. The molecule has 2 rings (SSSR count).